The largest absolute Gasteiger partial charge is 0.481 e. The van der Waals surface area contributed by atoms with Crippen molar-refractivity contribution in [1.29, 1.82) is 0 Å². The van der Waals surface area contributed by atoms with Gasteiger partial charge in [-0.2, -0.15) is 12.7 Å². The first-order valence-electron chi connectivity index (χ1n) is 6.37. The van der Waals surface area contributed by atoms with Crippen LogP contribution in [-0.2, 0) is 15.0 Å². The summed E-state index contributed by atoms with van der Waals surface area (Å²) >= 11 is 0. The van der Waals surface area contributed by atoms with E-state index in [4.69, 9.17) is 5.11 Å². The molecule has 0 aromatic rings. The molecule has 2 unspecified atom stereocenters. The zero-order valence-corrected chi connectivity index (χ0v) is 11.7. The molecule has 0 aliphatic carbocycles. The Balaban J connectivity index is 2.61. The van der Waals surface area contributed by atoms with Gasteiger partial charge in [-0.3, -0.25) is 4.79 Å². The van der Waals surface area contributed by atoms with Crippen molar-refractivity contribution in [2.75, 3.05) is 13.1 Å². The van der Waals surface area contributed by atoms with Gasteiger partial charge in [0.15, 0.2) is 0 Å². The molecule has 0 radical (unpaired) electrons. The van der Waals surface area contributed by atoms with Crippen LogP contribution in [0.3, 0.4) is 0 Å². The molecule has 0 amide bonds. The van der Waals surface area contributed by atoms with Crippen LogP contribution in [0.5, 0.6) is 0 Å². The lowest BCUT2D eigenvalue weighted by Crippen LogP contribution is -2.49. The lowest BCUT2D eigenvalue weighted by atomic mass is 10.1. The van der Waals surface area contributed by atoms with Gasteiger partial charge in [-0.15, -0.1) is 0 Å². The SMILES string of the molecule is CCC(CNS(=O)(=O)N1CCCCC1C)C(=O)O. The lowest BCUT2D eigenvalue weighted by molar-refractivity contribution is -0.141. The number of nitrogens with zero attached hydrogens (tertiary/aromatic N) is 1. The predicted molar refractivity (Wildman–Crippen MR) is 68.4 cm³/mol. The number of carbonyl (C=O) groups is 1. The van der Waals surface area contributed by atoms with E-state index >= 15 is 0 Å². The van der Waals surface area contributed by atoms with Crippen LogP contribution in [0.4, 0.5) is 0 Å². The minimum Gasteiger partial charge on any atom is -0.481 e. The van der Waals surface area contributed by atoms with E-state index in [1.807, 2.05) is 6.92 Å². The Bertz CT molecular complexity index is 383. The summed E-state index contributed by atoms with van der Waals surface area (Å²) in [5, 5.41) is 8.88. The Morgan fingerprint density at radius 1 is 1.50 bits per heavy atom. The first kappa shape index (κ1) is 15.4. The Morgan fingerprint density at radius 3 is 2.67 bits per heavy atom. The smallest absolute Gasteiger partial charge is 0.307 e. The maximum absolute atomic E-state index is 12.1. The second kappa shape index (κ2) is 6.49. The van der Waals surface area contributed by atoms with E-state index < -0.39 is 22.1 Å². The Morgan fingerprint density at radius 2 is 2.17 bits per heavy atom. The maximum Gasteiger partial charge on any atom is 0.307 e. The molecule has 2 N–H and O–H groups in total. The molecule has 1 aliphatic rings. The van der Waals surface area contributed by atoms with Crippen molar-refractivity contribution < 1.29 is 18.3 Å². The maximum atomic E-state index is 12.1. The number of hydrogen-bond donors (Lipinski definition) is 2. The summed E-state index contributed by atoms with van der Waals surface area (Å²) in [6.07, 6.45) is 3.17. The van der Waals surface area contributed by atoms with E-state index in [1.54, 1.807) is 6.92 Å². The van der Waals surface area contributed by atoms with Crippen molar-refractivity contribution in [2.24, 2.45) is 5.92 Å². The number of nitrogens with one attached hydrogen (secondary N) is 1. The molecule has 1 saturated heterocycles. The van der Waals surface area contributed by atoms with Crippen molar-refractivity contribution in [3.63, 3.8) is 0 Å². The molecule has 0 saturated carbocycles. The summed E-state index contributed by atoms with van der Waals surface area (Å²) in [7, 11) is -3.55. The van der Waals surface area contributed by atoms with E-state index in [0.717, 1.165) is 19.3 Å². The predicted octanol–water partition coefficient (Wildman–Crippen LogP) is 0.806. The van der Waals surface area contributed by atoms with E-state index in [0.29, 0.717) is 13.0 Å². The molecule has 0 bridgehead atoms. The van der Waals surface area contributed by atoms with Crippen LogP contribution < -0.4 is 4.72 Å². The number of aliphatic carboxylic acids is 1. The average molecular weight is 278 g/mol. The molecule has 7 heteroatoms. The first-order valence-corrected chi connectivity index (χ1v) is 7.81. The van der Waals surface area contributed by atoms with E-state index in [9.17, 15) is 13.2 Å². The topological polar surface area (TPSA) is 86.7 Å². The Hall–Kier alpha value is -0.660. The summed E-state index contributed by atoms with van der Waals surface area (Å²) in [6.45, 7) is 4.08. The van der Waals surface area contributed by atoms with Crippen molar-refractivity contribution in [3.8, 4) is 0 Å². The van der Waals surface area contributed by atoms with Gasteiger partial charge in [-0.25, -0.2) is 4.72 Å². The van der Waals surface area contributed by atoms with Crippen LogP contribution in [0.15, 0.2) is 0 Å². The molecule has 0 aromatic carbocycles. The van der Waals surface area contributed by atoms with Crippen LogP contribution >= 0.6 is 0 Å². The van der Waals surface area contributed by atoms with Crippen molar-refractivity contribution in [1.82, 2.24) is 9.03 Å². The molecule has 1 fully saturated rings. The zero-order valence-electron chi connectivity index (χ0n) is 10.9. The number of carboxylic acid groups (broad SMARTS) is 1. The van der Waals surface area contributed by atoms with Crippen molar-refractivity contribution in [2.45, 2.75) is 45.6 Å². The average Bonchev–Trinajstić information content (AvgIpc) is 2.29. The molecule has 2 atom stereocenters. The molecular weight excluding hydrogens is 256 g/mol. The highest BCUT2D eigenvalue weighted by atomic mass is 32.2. The Labute approximate surface area is 109 Å². The minimum atomic E-state index is -3.55. The third kappa shape index (κ3) is 3.93. The third-order valence-corrected chi connectivity index (χ3v) is 5.10. The molecule has 0 aromatic heterocycles. The number of piperidine rings is 1. The minimum absolute atomic E-state index is 0.0128. The van der Waals surface area contributed by atoms with Gasteiger partial charge in [0, 0.05) is 19.1 Å². The number of carboxylic acids is 1. The molecule has 106 valence electrons. The molecule has 0 spiro atoms. The monoisotopic (exact) mass is 278 g/mol. The van der Waals surface area contributed by atoms with Crippen LogP contribution in [-0.4, -0.2) is 42.9 Å². The van der Waals surface area contributed by atoms with Gasteiger partial charge in [-0.1, -0.05) is 13.3 Å². The molecule has 18 heavy (non-hydrogen) atoms. The fourth-order valence-corrected chi connectivity index (χ4v) is 3.65. The summed E-state index contributed by atoms with van der Waals surface area (Å²) in [6, 6.07) is -0.0128. The van der Waals surface area contributed by atoms with Gasteiger partial charge in [0.1, 0.15) is 0 Å². The molecular formula is C11H22N2O4S. The fourth-order valence-electron chi connectivity index (χ4n) is 2.12. The molecule has 6 nitrogen and oxygen atoms in total. The van der Waals surface area contributed by atoms with Crippen LogP contribution in [0.2, 0.25) is 0 Å². The van der Waals surface area contributed by atoms with Gasteiger partial charge >= 0.3 is 5.97 Å². The summed E-state index contributed by atoms with van der Waals surface area (Å²) < 4.78 is 28.0. The van der Waals surface area contributed by atoms with Gasteiger partial charge in [0.05, 0.1) is 5.92 Å². The second-order valence-electron chi connectivity index (χ2n) is 4.75. The normalized spacial score (nSPS) is 23.8. The lowest BCUT2D eigenvalue weighted by Gasteiger charge is -2.32. The van der Waals surface area contributed by atoms with Gasteiger partial charge in [0.2, 0.25) is 0 Å². The van der Waals surface area contributed by atoms with Crippen LogP contribution in [0, 0.1) is 5.92 Å². The van der Waals surface area contributed by atoms with Gasteiger partial charge in [-0.05, 0) is 26.2 Å². The summed E-state index contributed by atoms with van der Waals surface area (Å²) in [5.74, 6) is -1.63. The highest BCUT2D eigenvalue weighted by Gasteiger charge is 2.30. The van der Waals surface area contributed by atoms with E-state index in [-0.39, 0.29) is 12.6 Å². The number of rotatable bonds is 6. The highest BCUT2D eigenvalue weighted by molar-refractivity contribution is 7.87. The molecule has 1 rings (SSSR count). The van der Waals surface area contributed by atoms with Gasteiger partial charge < -0.3 is 5.11 Å². The molecule has 1 heterocycles. The van der Waals surface area contributed by atoms with E-state index in [2.05, 4.69) is 4.72 Å². The van der Waals surface area contributed by atoms with Gasteiger partial charge in [0.25, 0.3) is 10.2 Å². The third-order valence-electron chi connectivity index (χ3n) is 3.40. The Kier molecular flexibility index (Phi) is 5.55. The fraction of sp³-hybridized carbons (Fsp3) is 0.909. The zero-order chi connectivity index (χ0) is 13.8. The van der Waals surface area contributed by atoms with Crippen LogP contribution in [0.25, 0.3) is 0 Å². The summed E-state index contributed by atoms with van der Waals surface area (Å²) in [5.41, 5.74) is 0. The summed E-state index contributed by atoms with van der Waals surface area (Å²) in [4.78, 5) is 10.8. The van der Waals surface area contributed by atoms with E-state index in [1.165, 1.54) is 4.31 Å². The highest BCUT2D eigenvalue weighted by Crippen LogP contribution is 2.19. The second-order valence-corrected chi connectivity index (χ2v) is 6.46. The van der Waals surface area contributed by atoms with Crippen molar-refractivity contribution in [3.05, 3.63) is 0 Å². The number of hydrogen-bond acceptors (Lipinski definition) is 3. The van der Waals surface area contributed by atoms with Crippen molar-refractivity contribution >= 4 is 16.2 Å². The quantitative estimate of drug-likeness (QED) is 0.752. The standard InChI is InChI=1S/C11H22N2O4S/c1-3-10(11(14)15)8-12-18(16,17)13-7-5-4-6-9(13)2/h9-10,12H,3-8H2,1-2H3,(H,14,15). The molecule has 1 aliphatic heterocycles. The first-order chi connectivity index (χ1) is 8.38. The van der Waals surface area contributed by atoms with Crippen LogP contribution in [0.1, 0.15) is 39.5 Å².